The number of hydrogen-bond donors (Lipinski definition) is 0. The lowest BCUT2D eigenvalue weighted by atomic mass is 10.0. The Hall–Kier alpha value is -2.44. The van der Waals surface area contributed by atoms with E-state index in [1.807, 2.05) is 20.2 Å². The Bertz CT molecular complexity index is 966. The molecular weight excluding hydrogens is 711 g/mol. The van der Waals surface area contributed by atoms with Crippen LogP contribution in [0, 0.1) is 11.8 Å². The van der Waals surface area contributed by atoms with E-state index in [1.54, 1.807) is 0 Å². The summed E-state index contributed by atoms with van der Waals surface area (Å²) in [7, 11) is 2.05. The first-order chi connectivity index (χ1) is 27.8. The molecule has 0 saturated carbocycles. The summed E-state index contributed by atoms with van der Waals surface area (Å²) in [4.78, 5) is 36.5. The maximum atomic E-state index is 12.7. The first-order valence-corrected chi connectivity index (χ1v) is 24.1. The third-order valence-corrected chi connectivity index (χ3v) is 11.5. The Morgan fingerprint density at radius 1 is 0.474 bits per heavy atom. The molecule has 0 N–H and O–H groups in total. The van der Waals surface area contributed by atoms with Crippen LogP contribution < -0.4 is 0 Å². The molecule has 7 heteroatoms. The van der Waals surface area contributed by atoms with Gasteiger partial charge in [0.2, 0.25) is 0 Å². The molecule has 57 heavy (non-hydrogen) atoms. The zero-order chi connectivity index (χ0) is 42.0. The van der Waals surface area contributed by atoms with Gasteiger partial charge in [-0.3, -0.25) is 14.4 Å². The van der Waals surface area contributed by atoms with Crippen molar-refractivity contribution in [3.8, 4) is 0 Å². The lowest BCUT2D eigenvalue weighted by Gasteiger charge is -2.18. The average molecular weight is 803 g/mol. The summed E-state index contributed by atoms with van der Waals surface area (Å²) in [5.74, 6) is 0.877. The van der Waals surface area contributed by atoms with Crippen molar-refractivity contribution in [2.45, 2.75) is 233 Å². The predicted molar refractivity (Wildman–Crippen MR) is 241 cm³/mol. The first kappa shape index (κ1) is 54.6. The van der Waals surface area contributed by atoms with Gasteiger partial charge in [0.25, 0.3) is 0 Å². The number of ether oxygens (including phenoxy) is 3. The molecule has 0 radical (unpaired) electrons. The highest BCUT2D eigenvalue weighted by Gasteiger charge is 2.15. The zero-order valence-electron chi connectivity index (χ0n) is 38.4. The van der Waals surface area contributed by atoms with Gasteiger partial charge in [0.05, 0.1) is 19.6 Å². The van der Waals surface area contributed by atoms with Crippen molar-refractivity contribution in [3.63, 3.8) is 0 Å². The van der Waals surface area contributed by atoms with E-state index in [0.717, 1.165) is 116 Å². The van der Waals surface area contributed by atoms with Crippen molar-refractivity contribution in [2.24, 2.45) is 11.8 Å². The summed E-state index contributed by atoms with van der Waals surface area (Å²) in [6, 6.07) is 0. The minimum Gasteiger partial charge on any atom is -0.465 e. The van der Waals surface area contributed by atoms with E-state index >= 15 is 0 Å². The highest BCUT2D eigenvalue weighted by Crippen LogP contribution is 2.19. The number of unbranched alkanes of at least 4 members (excludes halogenated alkanes) is 16. The molecule has 0 aromatic heterocycles. The summed E-state index contributed by atoms with van der Waals surface area (Å²) < 4.78 is 19.0. The highest BCUT2D eigenvalue weighted by atomic mass is 16.5. The van der Waals surface area contributed by atoms with E-state index in [4.69, 9.17) is 14.2 Å². The van der Waals surface area contributed by atoms with Crippen LogP contribution >= 0.6 is 0 Å². The second-order valence-electron chi connectivity index (χ2n) is 16.5. The molecule has 0 bridgehead atoms. The molecule has 0 heterocycles. The fraction of sp³-hybridized carbons (Fsp3) is 0.840. The molecule has 0 amide bonds. The normalized spacial score (nSPS) is 12.2. The van der Waals surface area contributed by atoms with Gasteiger partial charge in [0, 0.05) is 26.2 Å². The Morgan fingerprint density at radius 3 is 1.21 bits per heavy atom. The first-order valence-electron chi connectivity index (χ1n) is 24.1. The summed E-state index contributed by atoms with van der Waals surface area (Å²) in [6.45, 7) is 12.7. The van der Waals surface area contributed by atoms with Crippen molar-refractivity contribution >= 4 is 24.1 Å². The molecule has 7 nitrogen and oxygen atoms in total. The van der Waals surface area contributed by atoms with Crippen molar-refractivity contribution in [2.75, 3.05) is 26.8 Å². The summed E-state index contributed by atoms with van der Waals surface area (Å²) in [6.07, 6.45) is 42.9. The van der Waals surface area contributed by atoms with Crippen molar-refractivity contribution in [1.82, 2.24) is 0 Å². The summed E-state index contributed by atoms with van der Waals surface area (Å²) >= 11 is 0. The van der Waals surface area contributed by atoms with Crippen molar-refractivity contribution in [1.29, 1.82) is 0 Å². The summed E-state index contributed by atoms with van der Waals surface area (Å²) in [5, 5.41) is 0. The van der Waals surface area contributed by atoms with E-state index in [0.29, 0.717) is 44.3 Å². The van der Waals surface area contributed by atoms with Gasteiger partial charge in [0.1, 0.15) is 25.9 Å². The minimum atomic E-state index is -0.0430. The lowest BCUT2D eigenvalue weighted by Crippen LogP contribution is -2.19. The number of nitrogens with zero attached hydrogens (tertiary/aromatic N) is 1. The van der Waals surface area contributed by atoms with Crippen LogP contribution in [0.4, 0.5) is 0 Å². The van der Waals surface area contributed by atoms with E-state index in [1.165, 1.54) is 64.2 Å². The van der Waals surface area contributed by atoms with Crippen LogP contribution in [0.25, 0.3) is 0 Å². The standard InChI is InChI=1S/C50H92NO6/c1-7-45(8-2)43-55-48(52)39-34-30-26-22-18-14-12-16-20-24-28-32-37-47(57-50(54)41-36-42-51(6)11-5)38-33-29-25-21-17-13-15-19-23-27-31-35-40-49(53)56-44-46(9-3)10-4/h11,18-19,22-23,45-47H,7-10,12-17,20-21,24-44H2,1-6H3/q+1/b22-18-,23-19-,51-11?. The topological polar surface area (TPSA) is 81.9 Å². The van der Waals surface area contributed by atoms with Crippen LogP contribution in [-0.4, -0.2) is 61.6 Å². The summed E-state index contributed by atoms with van der Waals surface area (Å²) in [5.41, 5.74) is 0. The minimum absolute atomic E-state index is 0.0318. The SMILES string of the molecule is CC=[N+](C)CCCC(=O)OC(CCCCCCCC/C=C\CCCCC(=O)OCC(CC)CC)CCCCCCCC/C=C\CCCCC(=O)OCC(CC)CC. The van der Waals surface area contributed by atoms with Crippen LogP contribution in [0.2, 0.25) is 0 Å². The maximum absolute atomic E-state index is 12.7. The van der Waals surface area contributed by atoms with Gasteiger partial charge in [-0.15, -0.1) is 0 Å². The van der Waals surface area contributed by atoms with E-state index in [2.05, 4.69) is 56.6 Å². The molecule has 0 unspecified atom stereocenters. The molecule has 0 rings (SSSR count). The molecular formula is C50H92NO6+. The molecule has 0 atom stereocenters. The second-order valence-corrected chi connectivity index (χ2v) is 16.5. The van der Waals surface area contributed by atoms with E-state index in [-0.39, 0.29) is 24.0 Å². The molecule has 0 aliphatic carbocycles. The van der Waals surface area contributed by atoms with Crippen LogP contribution in [0.15, 0.2) is 24.3 Å². The van der Waals surface area contributed by atoms with Crippen LogP contribution in [0.5, 0.6) is 0 Å². The average Bonchev–Trinajstić information content (AvgIpc) is 3.21. The van der Waals surface area contributed by atoms with Gasteiger partial charge in [-0.05, 0) is 102 Å². The van der Waals surface area contributed by atoms with Crippen LogP contribution in [0.3, 0.4) is 0 Å². The van der Waals surface area contributed by atoms with Gasteiger partial charge in [0.15, 0.2) is 0 Å². The number of allylic oxidation sites excluding steroid dienone is 4. The van der Waals surface area contributed by atoms with Crippen LogP contribution in [0.1, 0.15) is 227 Å². The largest absolute Gasteiger partial charge is 0.465 e. The predicted octanol–water partition coefficient (Wildman–Crippen LogP) is 13.8. The molecule has 0 fully saturated rings. The Kier molecular flexibility index (Phi) is 39.9. The van der Waals surface area contributed by atoms with Gasteiger partial charge in [-0.25, -0.2) is 4.58 Å². The van der Waals surface area contributed by atoms with Crippen molar-refractivity contribution in [3.05, 3.63) is 24.3 Å². The monoisotopic (exact) mass is 803 g/mol. The molecule has 0 aromatic rings. The molecule has 0 spiro atoms. The third kappa shape index (κ3) is 37.6. The Morgan fingerprint density at radius 2 is 0.825 bits per heavy atom. The quantitative estimate of drug-likeness (QED) is 0.0153. The number of carbonyl (C=O) groups excluding carboxylic acids is 3. The Balaban J connectivity index is 4.08. The third-order valence-electron chi connectivity index (χ3n) is 11.5. The second kappa shape index (κ2) is 41.7. The smallest absolute Gasteiger partial charge is 0.306 e. The lowest BCUT2D eigenvalue weighted by molar-refractivity contribution is -0.493. The fourth-order valence-corrected chi connectivity index (χ4v) is 6.94. The van der Waals surface area contributed by atoms with Crippen molar-refractivity contribution < 1.29 is 33.2 Å². The van der Waals surface area contributed by atoms with Gasteiger partial charge in [-0.1, -0.05) is 129 Å². The maximum Gasteiger partial charge on any atom is 0.306 e. The molecule has 0 saturated heterocycles. The number of esters is 3. The number of carbonyl (C=O) groups is 3. The molecule has 0 aromatic carbocycles. The molecule has 332 valence electrons. The molecule has 0 aliphatic rings. The Labute approximate surface area is 352 Å². The highest BCUT2D eigenvalue weighted by molar-refractivity contribution is 5.70. The number of hydrogen-bond acceptors (Lipinski definition) is 6. The molecule has 0 aliphatic heterocycles. The van der Waals surface area contributed by atoms with Gasteiger partial charge < -0.3 is 14.2 Å². The van der Waals surface area contributed by atoms with E-state index < -0.39 is 0 Å². The number of rotatable bonds is 41. The van der Waals surface area contributed by atoms with Gasteiger partial charge >= 0.3 is 17.9 Å². The fourth-order valence-electron chi connectivity index (χ4n) is 6.94. The zero-order valence-corrected chi connectivity index (χ0v) is 38.4. The van der Waals surface area contributed by atoms with Crippen LogP contribution in [-0.2, 0) is 28.6 Å². The van der Waals surface area contributed by atoms with Gasteiger partial charge in [-0.2, -0.15) is 0 Å². The van der Waals surface area contributed by atoms with E-state index in [9.17, 15) is 14.4 Å².